The summed E-state index contributed by atoms with van der Waals surface area (Å²) >= 11 is 0. The van der Waals surface area contributed by atoms with E-state index in [1.165, 1.54) is 6.42 Å². The second-order valence-corrected chi connectivity index (χ2v) is 3.67. The van der Waals surface area contributed by atoms with E-state index >= 15 is 0 Å². The van der Waals surface area contributed by atoms with Crippen molar-refractivity contribution >= 4 is 0 Å². The lowest BCUT2D eigenvalue weighted by atomic mass is 10.1. The van der Waals surface area contributed by atoms with Crippen molar-refractivity contribution in [3.05, 3.63) is 0 Å². The van der Waals surface area contributed by atoms with Crippen LogP contribution < -0.4 is 5.73 Å². The molecule has 1 aliphatic rings. The first-order valence-corrected chi connectivity index (χ1v) is 3.88. The van der Waals surface area contributed by atoms with Gasteiger partial charge in [-0.3, -0.25) is 0 Å². The van der Waals surface area contributed by atoms with Crippen LogP contribution in [0.2, 0.25) is 0 Å². The van der Waals surface area contributed by atoms with E-state index in [1.54, 1.807) is 0 Å². The van der Waals surface area contributed by atoms with Crippen molar-refractivity contribution in [3.8, 4) is 0 Å². The van der Waals surface area contributed by atoms with Crippen LogP contribution in [0.25, 0.3) is 0 Å². The van der Waals surface area contributed by atoms with Gasteiger partial charge in [-0.05, 0) is 31.1 Å². The SMILES string of the molecule is CC(C)C1CC1C(C)N. The molecule has 0 amide bonds. The highest BCUT2D eigenvalue weighted by molar-refractivity contribution is 4.92. The van der Waals surface area contributed by atoms with Crippen molar-refractivity contribution in [1.29, 1.82) is 0 Å². The third kappa shape index (κ3) is 1.45. The first kappa shape index (κ1) is 7.07. The fourth-order valence-corrected chi connectivity index (χ4v) is 1.61. The summed E-state index contributed by atoms with van der Waals surface area (Å²) in [5, 5.41) is 0. The average molecular weight is 127 g/mol. The zero-order chi connectivity index (χ0) is 7.02. The summed E-state index contributed by atoms with van der Waals surface area (Å²) in [7, 11) is 0. The van der Waals surface area contributed by atoms with Gasteiger partial charge in [0.25, 0.3) is 0 Å². The van der Waals surface area contributed by atoms with Crippen LogP contribution in [0.1, 0.15) is 27.2 Å². The van der Waals surface area contributed by atoms with Crippen LogP contribution in [0.3, 0.4) is 0 Å². The topological polar surface area (TPSA) is 26.0 Å². The Morgan fingerprint density at radius 3 is 1.89 bits per heavy atom. The Balaban J connectivity index is 2.24. The molecule has 0 aliphatic heterocycles. The van der Waals surface area contributed by atoms with Gasteiger partial charge in [-0.25, -0.2) is 0 Å². The van der Waals surface area contributed by atoms with E-state index < -0.39 is 0 Å². The van der Waals surface area contributed by atoms with Crippen molar-refractivity contribution < 1.29 is 0 Å². The molecule has 0 spiro atoms. The maximum atomic E-state index is 5.73. The van der Waals surface area contributed by atoms with Crippen molar-refractivity contribution in [3.63, 3.8) is 0 Å². The van der Waals surface area contributed by atoms with Gasteiger partial charge in [-0.15, -0.1) is 0 Å². The van der Waals surface area contributed by atoms with Gasteiger partial charge in [0.05, 0.1) is 0 Å². The molecule has 1 saturated carbocycles. The van der Waals surface area contributed by atoms with E-state index in [4.69, 9.17) is 5.73 Å². The largest absolute Gasteiger partial charge is 0.328 e. The van der Waals surface area contributed by atoms with Gasteiger partial charge >= 0.3 is 0 Å². The van der Waals surface area contributed by atoms with Gasteiger partial charge in [0, 0.05) is 6.04 Å². The van der Waals surface area contributed by atoms with Gasteiger partial charge in [0.15, 0.2) is 0 Å². The van der Waals surface area contributed by atoms with Gasteiger partial charge in [-0.1, -0.05) is 13.8 Å². The molecule has 3 unspecified atom stereocenters. The van der Waals surface area contributed by atoms with Gasteiger partial charge < -0.3 is 5.73 Å². The highest BCUT2D eigenvalue weighted by Crippen LogP contribution is 2.45. The monoisotopic (exact) mass is 127 g/mol. The molecule has 0 bridgehead atoms. The van der Waals surface area contributed by atoms with Crippen LogP contribution in [0.15, 0.2) is 0 Å². The Morgan fingerprint density at radius 1 is 1.22 bits per heavy atom. The first-order valence-electron chi connectivity index (χ1n) is 3.88. The Morgan fingerprint density at radius 2 is 1.78 bits per heavy atom. The molecule has 1 nitrogen and oxygen atoms in total. The highest BCUT2D eigenvalue weighted by atomic mass is 14.7. The molecule has 0 saturated heterocycles. The fourth-order valence-electron chi connectivity index (χ4n) is 1.61. The Kier molecular flexibility index (Phi) is 1.80. The van der Waals surface area contributed by atoms with Crippen LogP contribution in [-0.2, 0) is 0 Å². The Hall–Kier alpha value is -0.0400. The summed E-state index contributed by atoms with van der Waals surface area (Å²) < 4.78 is 0. The summed E-state index contributed by atoms with van der Waals surface area (Å²) in [4.78, 5) is 0. The molecule has 9 heavy (non-hydrogen) atoms. The highest BCUT2D eigenvalue weighted by Gasteiger charge is 2.41. The number of nitrogens with two attached hydrogens (primary N) is 1. The van der Waals surface area contributed by atoms with Crippen molar-refractivity contribution in [2.24, 2.45) is 23.5 Å². The smallest absolute Gasteiger partial charge is 0.00416 e. The van der Waals surface area contributed by atoms with E-state index in [2.05, 4.69) is 20.8 Å². The van der Waals surface area contributed by atoms with Gasteiger partial charge in [0.1, 0.15) is 0 Å². The molecule has 0 aromatic carbocycles. The Labute approximate surface area is 57.6 Å². The first-order chi connectivity index (χ1) is 4.13. The normalized spacial score (nSPS) is 37.0. The molecule has 54 valence electrons. The zero-order valence-corrected chi connectivity index (χ0v) is 6.59. The third-order valence-corrected chi connectivity index (χ3v) is 2.42. The van der Waals surface area contributed by atoms with Crippen molar-refractivity contribution in [2.75, 3.05) is 0 Å². The van der Waals surface area contributed by atoms with E-state index in [9.17, 15) is 0 Å². The fraction of sp³-hybridized carbons (Fsp3) is 1.00. The van der Waals surface area contributed by atoms with E-state index in [0.717, 1.165) is 17.8 Å². The molecule has 1 aliphatic carbocycles. The van der Waals surface area contributed by atoms with Crippen LogP contribution in [0.5, 0.6) is 0 Å². The van der Waals surface area contributed by atoms with Crippen LogP contribution in [0, 0.1) is 17.8 Å². The van der Waals surface area contributed by atoms with Crippen molar-refractivity contribution in [2.45, 2.75) is 33.2 Å². The molecule has 1 fully saturated rings. The molecule has 1 heteroatoms. The summed E-state index contributed by atoms with van der Waals surface area (Å²) in [6.45, 7) is 6.69. The van der Waals surface area contributed by atoms with Gasteiger partial charge in [0.2, 0.25) is 0 Å². The standard InChI is InChI=1S/C8H17N/c1-5(2)7-4-8(7)6(3)9/h5-8H,4,9H2,1-3H3. The quantitative estimate of drug-likeness (QED) is 0.599. The summed E-state index contributed by atoms with van der Waals surface area (Å²) in [6.07, 6.45) is 1.37. The lowest BCUT2D eigenvalue weighted by Gasteiger charge is -2.05. The maximum Gasteiger partial charge on any atom is 0.00416 e. The van der Waals surface area contributed by atoms with Crippen LogP contribution in [0.4, 0.5) is 0 Å². The summed E-state index contributed by atoms with van der Waals surface area (Å²) in [5.74, 6) is 2.62. The second kappa shape index (κ2) is 2.30. The minimum atomic E-state index is 0.428. The lowest BCUT2D eigenvalue weighted by molar-refractivity contribution is 0.484. The molecule has 2 N–H and O–H groups in total. The predicted molar refractivity (Wildman–Crippen MR) is 40.1 cm³/mol. The van der Waals surface area contributed by atoms with E-state index in [1.807, 2.05) is 0 Å². The molecule has 0 heterocycles. The predicted octanol–water partition coefficient (Wildman–Crippen LogP) is 1.63. The van der Waals surface area contributed by atoms with Crippen LogP contribution >= 0.6 is 0 Å². The van der Waals surface area contributed by atoms with Crippen molar-refractivity contribution in [1.82, 2.24) is 0 Å². The second-order valence-electron chi connectivity index (χ2n) is 3.67. The molecule has 0 aromatic rings. The van der Waals surface area contributed by atoms with E-state index in [-0.39, 0.29) is 0 Å². The maximum absolute atomic E-state index is 5.73. The number of hydrogen-bond donors (Lipinski definition) is 1. The van der Waals surface area contributed by atoms with Crippen LogP contribution in [-0.4, -0.2) is 6.04 Å². The molecule has 0 aromatic heterocycles. The molecule has 1 rings (SSSR count). The number of rotatable bonds is 2. The molecule has 3 atom stereocenters. The van der Waals surface area contributed by atoms with Gasteiger partial charge in [-0.2, -0.15) is 0 Å². The third-order valence-electron chi connectivity index (χ3n) is 2.42. The van der Waals surface area contributed by atoms with E-state index in [0.29, 0.717) is 6.04 Å². The average Bonchev–Trinajstić information content (AvgIpc) is 2.39. The lowest BCUT2D eigenvalue weighted by Crippen LogP contribution is -2.19. The summed E-state index contributed by atoms with van der Waals surface area (Å²) in [5.41, 5.74) is 5.73. The Bertz CT molecular complexity index is 84.7. The minimum absolute atomic E-state index is 0.428. The summed E-state index contributed by atoms with van der Waals surface area (Å²) in [6, 6.07) is 0.428. The molecular weight excluding hydrogens is 110 g/mol. The molecule has 0 radical (unpaired) electrons. The molecular formula is C8H17N. The minimum Gasteiger partial charge on any atom is -0.328 e. The zero-order valence-electron chi connectivity index (χ0n) is 6.59. The number of hydrogen-bond acceptors (Lipinski definition) is 1.